The van der Waals surface area contributed by atoms with E-state index in [0.717, 1.165) is 57.9 Å². The normalized spacial score (nSPS) is 19.4. The largest absolute Gasteiger partial charge is 0.340 e. The summed E-state index contributed by atoms with van der Waals surface area (Å²) >= 11 is 0. The van der Waals surface area contributed by atoms with E-state index in [1.165, 1.54) is 0 Å². The Balaban J connectivity index is 1.35. The zero-order valence-electron chi connectivity index (χ0n) is 15.1. The van der Waals surface area contributed by atoms with Crippen LogP contribution in [-0.4, -0.2) is 68.1 Å². The summed E-state index contributed by atoms with van der Waals surface area (Å²) in [5.74, 6) is 1.17. The summed E-state index contributed by atoms with van der Waals surface area (Å²) in [6, 6.07) is -0.0616. The second-order valence-electron chi connectivity index (χ2n) is 7.14. The van der Waals surface area contributed by atoms with Gasteiger partial charge in [-0.3, -0.25) is 14.4 Å². The molecule has 0 bridgehead atoms. The number of aryl methyl sites for hydroxylation is 1. The van der Waals surface area contributed by atoms with E-state index < -0.39 is 0 Å². The molecule has 0 aromatic carbocycles. The first-order valence-corrected chi connectivity index (χ1v) is 9.32. The van der Waals surface area contributed by atoms with Gasteiger partial charge in [0.05, 0.1) is 18.8 Å². The number of piperazine rings is 1. The second kappa shape index (κ2) is 7.55. The molecule has 2 aromatic heterocycles. The Hall–Kier alpha value is -2.26. The standard InChI is InChI=1S/C17H26N8O/c1-23-7-6-19-16(23)15(13-2-3-13)20-17(26)14-12-25(22-21-14)11-10-24-8-4-18-5-9-24/h6-7,12-13,15,18H,2-5,8-11H2,1H3,(H,20,26)/t15-/m1/s1. The van der Waals surface area contributed by atoms with Crippen LogP contribution in [-0.2, 0) is 13.6 Å². The van der Waals surface area contributed by atoms with Crippen LogP contribution in [0.2, 0.25) is 0 Å². The topological polar surface area (TPSA) is 92.9 Å². The van der Waals surface area contributed by atoms with E-state index in [1.807, 2.05) is 17.8 Å². The lowest BCUT2D eigenvalue weighted by Crippen LogP contribution is -2.44. The molecule has 0 unspecified atom stereocenters. The third-order valence-electron chi connectivity index (χ3n) is 5.14. The van der Waals surface area contributed by atoms with Crippen molar-refractivity contribution in [1.82, 2.24) is 40.1 Å². The number of amides is 1. The minimum absolute atomic E-state index is 0.0616. The molecule has 0 radical (unpaired) electrons. The van der Waals surface area contributed by atoms with Crippen molar-refractivity contribution in [2.45, 2.75) is 25.4 Å². The Morgan fingerprint density at radius 3 is 2.85 bits per heavy atom. The summed E-state index contributed by atoms with van der Waals surface area (Å²) in [4.78, 5) is 19.4. The van der Waals surface area contributed by atoms with Crippen LogP contribution in [0.25, 0.3) is 0 Å². The van der Waals surface area contributed by atoms with Crippen LogP contribution in [0.5, 0.6) is 0 Å². The third kappa shape index (κ3) is 3.94. The molecular formula is C17H26N8O. The molecule has 4 rings (SSSR count). The average molecular weight is 358 g/mol. The maximum atomic E-state index is 12.6. The van der Waals surface area contributed by atoms with E-state index in [-0.39, 0.29) is 11.9 Å². The van der Waals surface area contributed by atoms with Gasteiger partial charge in [-0.1, -0.05) is 5.21 Å². The molecule has 2 aliphatic rings. The highest BCUT2D eigenvalue weighted by atomic mass is 16.2. The monoisotopic (exact) mass is 358 g/mol. The summed E-state index contributed by atoms with van der Waals surface area (Å²) in [7, 11) is 1.95. The first kappa shape index (κ1) is 17.2. The minimum atomic E-state index is -0.182. The van der Waals surface area contributed by atoms with Crippen molar-refractivity contribution in [3.63, 3.8) is 0 Å². The van der Waals surface area contributed by atoms with E-state index in [0.29, 0.717) is 11.6 Å². The van der Waals surface area contributed by atoms with Crippen molar-refractivity contribution in [2.75, 3.05) is 32.7 Å². The Labute approximate surface area is 152 Å². The highest BCUT2D eigenvalue weighted by molar-refractivity contribution is 5.92. The Bertz CT molecular complexity index is 744. The van der Waals surface area contributed by atoms with E-state index in [2.05, 4.69) is 30.8 Å². The van der Waals surface area contributed by atoms with Gasteiger partial charge in [0, 0.05) is 52.2 Å². The smallest absolute Gasteiger partial charge is 0.274 e. The van der Waals surface area contributed by atoms with Gasteiger partial charge < -0.3 is 15.2 Å². The molecule has 1 aliphatic heterocycles. The average Bonchev–Trinajstić information content (AvgIpc) is 3.23. The predicted molar refractivity (Wildman–Crippen MR) is 95.5 cm³/mol. The van der Waals surface area contributed by atoms with Crippen molar-refractivity contribution in [3.8, 4) is 0 Å². The van der Waals surface area contributed by atoms with Crippen LogP contribution in [0.1, 0.15) is 35.2 Å². The maximum absolute atomic E-state index is 12.6. The Morgan fingerprint density at radius 2 is 2.15 bits per heavy atom. The summed E-state index contributed by atoms with van der Waals surface area (Å²) in [6.07, 6.45) is 7.65. The molecule has 1 saturated heterocycles. The lowest BCUT2D eigenvalue weighted by atomic mass is 10.1. The summed E-state index contributed by atoms with van der Waals surface area (Å²) in [5, 5.41) is 14.6. The van der Waals surface area contributed by atoms with Crippen LogP contribution in [0.15, 0.2) is 18.6 Å². The van der Waals surface area contributed by atoms with E-state index in [4.69, 9.17) is 0 Å². The van der Waals surface area contributed by atoms with Gasteiger partial charge in [0.2, 0.25) is 0 Å². The van der Waals surface area contributed by atoms with Crippen LogP contribution < -0.4 is 10.6 Å². The number of imidazole rings is 1. The van der Waals surface area contributed by atoms with Crippen LogP contribution in [0.3, 0.4) is 0 Å². The van der Waals surface area contributed by atoms with Gasteiger partial charge in [0.1, 0.15) is 5.82 Å². The number of hydrogen-bond donors (Lipinski definition) is 2. The van der Waals surface area contributed by atoms with E-state index >= 15 is 0 Å². The summed E-state index contributed by atoms with van der Waals surface area (Å²) in [5.41, 5.74) is 0.366. The quantitative estimate of drug-likeness (QED) is 0.712. The van der Waals surface area contributed by atoms with Crippen LogP contribution in [0.4, 0.5) is 0 Å². The minimum Gasteiger partial charge on any atom is -0.340 e. The highest BCUT2D eigenvalue weighted by Gasteiger charge is 2.36. The second-order valence-corrected chi connectivity index (χ2v) is 7.14. The van der Waals surface area contributed by atoms with Gasteiger partial charge in [-0.25, -0.2) is 4.98 Å². The number of hydrogen-bond acceptors (Lipinski definition) is 6. The molecule has 140 valence electrons. The molecule has 3 heterocycles. The zero-order chi connectivity index (χ0) is 17.9. The lowest BCUT2D eigenvalue weighted by molar-refractivity contribution is 0.0923. The van der Waals surface area contributed by atoms with Crippen molar-refractivity contribution in [3.05, 3.63) is 30.1 Å². The van der Waals surface area contributed by atoms with Gasteiger partial charge in [-0.15, -0.1) is 5.10 Å². The van der Waals surface area contributed by atoms with Crippen molar-refractivity contribution in [2.24, 2.45) is 13.0 Å². The molecule has 9 nitrogen and oxygen atoms in total. The molecule has 9 heteroatoms. The Morgan fingerprint density at radius 1 is 1.35 bits per heavy atom. The number of aromatic nitrogens is 5. The zero-order valence-corrected chi connectivity index (χ0v) is 15.1. The number of carbonyl (C=O) groups excluding carboxylic acids is 1. The first-order valence-electron chi connectivity index (χ1n) is 9.32. The molecule has 2 aromatic rings. The fourth-order valence-corrected chi connectivity index (χ4v) is 3.41. The van der Waals surface area contributed by atoms with Gasteiger partial charge in [-0.2, -0.15) is 0 Å². The highest BCUT2D eigenvalue weighted by Crippen LogP contribution is 2.40. The van der Waals surface area contributed by atoms with Gasteiger partial charge >= 0.3 is 0 Å². The molecule has 2 N–H and O–H groups in total. The molecule has 1 aliphatic carbocycles. The molecule has 1 saturated carbocycles. The predicted octanol–water partition coefficient (Wildman–Crippen LogP) is -0.202. The van der Waals surface area contributed by atoms with Gasteiger partial charge in [-0.05, 0) is 18.8 Å². The van der Waals surface area contributed by atoms with E-state index in [9.17, 15) is 4.79 Å². The van der Waals surface area contributed by atoms with Crippen molar-refractivity contribution in [1.29, 1.82) is 0 Å². The number of carbonyl (C=O) groups is 1. The Kier molecular flexibility index (Phi) is 4.98. The lowest BCUT2D eigenvalue weighted by Gasteiger charge is -2.26. The van der Waals surface area contributed by atoms with Crippen molar-refractivity contribution < 1.29 is 4.79 Å². The van der Waals surface area contributed by atoms with Crippen LogP contribution in [0, 0.1) is 5.92 Å². The van der Waals surface area contributed by atoms with Crippen LogP contribution >= 0.6 is 0 Å². The molecule has 2 fully saturated rings. The maximum Gasteiger partial charge on any atom is 0.274 e. The van der Waals surface area contributed by atoms with Gasteiger partial charge in [0.25, 0.3) is 5.91 Å². The summed E-state index contributed by atoms with van der Waals surface area (Å²) < 4.78 is 3.72. The molecule has 0 spiro atoms. The third-order valence-corrected chi connectivity index (χ3v) is 5.14. The number of nitrogens with zero attached hydrogens (tertiary/aromatic N) is 6. The number of rotatable bonds is 7. The number of nitrogens with one attached hydrogen (secondary N) is 2. The molecular weight excluding hydrogens is 332 g/mol. The van der Waals surface area contributed by atoms with Crippen molar-refractivity contribution >= 4 is 5.91 Å². The van der Waals surface area contributed by atoms with E-state index in [1.54, 1.807) is 17.1 Å². The fourth-order valence-electron chi connectivity index (χ4n) is 3.41. The first-order chi connectivity index (χ1) is 12.7. The molecule has 1 amide bonds. The summed E-state index contributed by atoms with van der Waals surface area (Å²) in [6.45, 7) is 5.82. The molecule has 1 atom stereocenters. The molecule has 26 heavy (non-hydrogen) atoms. The van der Waals surface area contributed by atoms with Gasteiger partial charge in [0.15, 0.2) is 5.69 Å². The SMILES string of the molecule is Cn1ccnc1[C@H](NC(=O)c1cn(CCN2CCNCC2)nn1)C1CC1. The fraction of sp³-hybridized carbons (Fsp3) is 0.647.